The highest BCUT2D eigenvalue weighted by Gasteiger charge is 2.42. The van der Waals surface area contributed by atoms with Gasteiger partial charge in [-0.15, -0.1) is 0 Å². The van der Waals surface area contributed by atoms with Crippen LogP contribution in [0.2, 0.25) is 0 Å². The third-order valence-electron chi connectivity index (χ3n) is 14.3. The van der Waals surface area contributed by atoms with Gasteiger partial charge in [0.1, 0.15) is 0 Å². The molecule has 3 heteroatoms. The van der Waals surface area contributed by atoms with Gasteiger partial charge in [-0.25, -0.2) is 0 Å². The standard InChI is InChI=1S/C56H33BN2/c1-30-22-25-47-42(26-30)44-27-31(2)28-45-54(44)58(47)48-20-11-21-49-53(48)57(45)46-29-43-37-17-6-4-13-33(37)34-14-7-9-18-38(34)50(43)52-41-24-23-40-36-16-5-3-12-32(36)35-15-8-10-19-39(35)51(40)55(41)59(49)56(46)52/h3-29H,1-2H3. The summed E-state index contributed by atoms with van der Waals surface area (Å²) < 4.78 is 5.29. The first-order valence-electron chi connectivity index (χ1n) is 20.9. The van der Waals surface area contributed by atoms with Gasteiger partial charge in [0, 0.05) is 49.2 Å². The molecular formula is C56H33BN2. The predicted molar refractivity (Wildman–Crippen MR) is 254 cm³/mol. The summed E-state index contributed by atoms with van der Waals surface area (Å²) >= 11 is 0. The molecular weight excluding hydrogens is 711 g/mol. The highest BCUT2D eigenvalue weighted by atomic mass is 15.0. The third-order valence-corrected chi connectivity index (χ3v) is 14.3. The Hall–Kier alpha value is -7.36. The molecule has 2 aromatic heterocycles. The molecule has 270 valence electrons. The van der Waals surface area contributed by atoms with E-state index in [1.165, 1.54) is 147 Å². The summed E-state index contributed by atoms with van der Waals surface area (Å²) in [5, 5.41) is 21.1. The molecule has 15 rings (SSSR count). The number of rotatable bonds is 0. The molecule has 13 aromatic rings. The van der Waals surface area contributed by atoms with Gasteiger partial charge in [0.15, 0.2) is 0 Å². The Balaban J connectivity index is 1.27. The molecule has 0 radical (unpaired) electrons. The van der Waals surface area contributed by atoms with Crippen LogP contribution in [-0.2, 0) is 0 Å². The molecule has 0 atom stereocenters. The van der Waals surface area contributed by atoms with Crippen LogP contribution in [-0.4, -0.2) is 15.8 Å². The first kappa shape index (κ1) is 30.7. The largest absolute Gasteiger partial charge is 0.310 e. The molecule has 2 aliphatic rings. The van der Waals surface area contributed by atoms with Crippen molar-refractivity contribution in [3.8, 4) is 11.4 Å². The second-order valence-corrected chi connectivity index (χ2v) is 17.3. The molecule has 0 spiro atoms. The first-order valence-corrected chi connectivity index (χ1v) is 20.9. The van der Waals surface area contributed by atoms with E-state index in [4.69, 9.17) is 0 Å². The molecule has 2 aliphatic heterocycles. The van der Waals surface area contributed by atoms with E-state index in [2.05, 4.69) is 187 Å². The number of aryl methyl sites for hydroxylation is 2. The lowest BCUT2D eigenvalue weighted by molar-refractivity contribution is 1.15. The van der Waals surface area contributed by atoms with Crippen molar-refractivity contribution in [2.45, 2.75) is 13.8 Å². The highest BCUT2D eigenvalue weighted by Crippen LogP contribution is 2.48. The van der Waals surface area contributed by atoms with Crippen LogP contribution in [0.5, 0.6) is 0 Å². The van der Waals surface area contributed by atoms with Crippen LogP contribution in [0.25, 0.3) is 120 Å². The summed E-state index contributed by atoms with van der Waals surface area (Å²) in [5.74, 6) is 0. The summed E-state index contributed by atoms with van der Waals surface area (Å²) in [4.78, 5) is 0. The smallest absolute Gasteiger partial charge is 0.252 e. The fourth-order valence-electron chi connectivity index (χ4n) is 12.2. The zero-order chi connectivity index (χ0) is 38.4. The van der Waals surface area contributed by atoms with Crippen LogP contribution >= 0.6 is 0 Å². The summed E-state index contributed by atoms with van der Waals surface area (Å²) in [6.07, 6.45) is 0. The van der Waals surface area contributed by atoms with Gasteiger partial charge in [-0.1, -0.05) is 145 Å². The fourth-order valence-corrected chi connectivity index (χ4v) is 12.2. The molecule has 0 amide bonds. The quantitative estimate of drug-likeness (QED) is 0.108. The van der Waals surface area contributed by atoms with E-state index in [1.54, 1.807) is 0 Å². The van der Waals surface area contributed by atoms with Gasteiger partial charge < -0.3 is 9.13 Å². The maximum absolute atomic E-state index is 2.70. The lowest BCUT2D eigenvalue weighted by Gasteiger charge is -2.34. The van der Waals surface area contributed by atoms with Gasteiger partial charge >= 0.3 is 0 Å². The molecule has 11 aromatic carbocycles. The summed E-state index contributed by atoms with van der Waals surface area (Å²) in [6.45, 7) is 4.56. The molecule has 0 saturated heterocycles. The van der Waals surface area contributed by atoms with Gasteiger partial charge in [0.05, 0.1) is 16.6 Å². The van der Waals surface area contributed by atoms with E-state index in [0.29, 0.717) is 0 Å². The van der Waals surface area contributed by atoms with Crippen molar-refractivity contribution < 1.29 is 0 Å². The van der Waals surface area contributed by atoms with Crippen molar-refractivity contribution in [1.29, 1.82) is 0 Å². The minimum atomic E-state index is 0.0549. The second-order valence-electron chi connectivity index (χ2n) is 17.3. The van der Waals surface area contributed by atoms with E-state index in [9.17, 15) is 0 Å². The van der Waals surface area contributed by atoms with E-state index >= 15 is 0 Å². The molecule has 0 bridgehead atoms. The van der Waals surface area contributed by atoms with Crippen molar-refractivity contribution in [3.05, 3.63) is 175 Å². The van der Waals surface area contributed by atoms with Gasteiger partial charge in [0.2, 0.25) is 0 Å². The van der Waals surface area contributed by atoms with E-state index in [0.717, 1.165) is 0 Å². The maximum atomic E-state index is 2.70. The van der Waals surface area contributed by atoms with Gasteiger partial charge in [0.25, 0.3) is 6.71 Å². The van der Waals surface area contributed by atoms with Crippen molar-refractivity contribution in [1.82, 2.24) is 9.13 Å². The Morgan fingerprint density at radius 2 is 0.847 bits per heavy atom. The molecule has 0 saturated carbocycles. The van der Waals surface area contributed by atoms with Crippen LogP contribution in [0, 0.1) is 13.8 Å². The monoisotopic (exact) mass is 744 g/mol. The molecule has 0 N–H and O–H groups in total. The number of benzene rings is 11. The summed E-state index contributed by atoms with van der Waals surface area (Å²) in [6, 6.07) is 62.8. The van der Waals surface area contributed by atoms with E-state index < -0.39 is 0 Å². The number of aromatic nitrogens is 2. The molecule has 4 heterocycles. The van der Waals surface area contributed by atoms with Crippen LogP contribution in [0.15, 0.2) is 164 Å². The Morgan fingerprint density at radius 1 is 0.322 bits per heavy atom. The normalized spacial score (nSPS) is 13.2. The van der Waals surface area contributed by atoms with E-state index in [-0.39, 0.29) is 6.71 Å². The Kier molecular flexibility index (Phi) is 5.41. The van der Waals surface area contributed by atoms with Gasteiger partial charge in [-0.05, 0) is 114 Å². The second kappa shape index (κ2) is 10.4. The van der Waals surface area contributed by atoms with Gasteiger partial charge in [-0.3, -0.25) is 0 Å². The lowest BCUT2D eigenvalue weighted by atomic mass is 9.34. The number of hydrogen-bond acceptors (Lipinski definition) is 0. The topological polar surface area (TPSA) is 9.86 Å². The van der Waals surface area contributed by atoms with Crippen molar-refractivity contribution in [3.63, 3.8) is 0 Å². The Bertz CT molecular complexity index is 4130. The number of nitrogens with zero attached hydrogens (tertiary/aromatic N) is 2. The summed E-state index contributed by atoms with van der Waals surface area (Å²) in [5.41, 5.74) is 14.6. The van der Waals surface area contributed by atoms with E-state index in [1.807, 2.05) is 0 Å². The summed E-state index contributed by atoms with van der Waals surface area (Å²) in [7, 11) is 0. The predicted octanol–water partition coefficient (Wildman–Crippen LogP) is 12.6. The average Bonchev–Trinajstić information content (AvgIpc) is 3.80. The average molecular weight is 745 g/mol. The van der Waals surface area contributed by atoms with Crippen LogP contribution in [0.4, 0.5) is 0 Å². The van der Waals surface area contributed by atoms with Crippen molar-refractivity contribution in [2.24, 2.45) is 0 Å². The minimum Gasteiger partial charge on any atom is -0.310 e. The van der Waals surface area contributed by atoms with Crippen LogP contribution < -0.4 is 16.4 Å². The fraction of sp³-hybridized carbons (Fsp3) is 0.0357. The molecule has 59 heavy (non-hydrogen) atoms. The lowest BCUT2D eigenvalue weighted by Crippen LogP contribution is -2.59. The van der Waals surface area contributed by atoms with Crippen LogP contribution in [0.1, 0.15) is 11.1 Å². The van der Waals surface area contributed by atoms with Gasteiger partial charge in [-0.2, -0.15) is 0 Å². The number of fused-ring (bicyclic) bond motifs is 24. The molecule has 0 unspecified atom stereocenters. The number of hydrogen-bond donors (Lipinski definition) is 0. The minimum absolute atomic E-state index is 0.0549. The van der Waals surface area contributed by atoms with Crippen molar-refractivity contribution in [2.75, 3.05) is 0 Å². The Labute approximate surface area is 339 Å². The zero-order valence-corrected chi connectivity index (χ0v) is 32.6. The molecule has 2 nitrogen and oxygen atoms in total. The Morgan fingerprint density at radius 3 is 1.53 bits per heavy atom. The highest BCUT2D eigenvalue weighted by molar-refractivity contribution is 7.00. The maximum Gasteiger partial charge on any atom is 0.252 e. The third kappa shape index (κ3) is 3.52. The first-order chi connectivity index (χ1) is 29.1. The van der Waals surface area contributed by atoms with Crippen molar-refractivity contribution >= 4 is 131 Å². The molecule has 0 fully saturated rings. The SMILES string of the molecule is Cc1ccc2c(c1)c1cc(C)cc3c1n2-c1cccc2c1B3c1cc3c4ccccc4c4ccccc4c3c3c4ccc5c6ccccc6c6ccccc6c5c4n-2c13. The zero-order valence-electron chi connectivity index (χ0n) is 32.6. The van der Waals surface area contributed by atoms with Crippen LogP contribution in [0.3, 0.4) is 0 Å². The molecule has 0 aliphatic carbocycles.